The van der Waals surface area contributed by atoms with E-state index in [9.17, 15) is 5.11 Å². The van der Waals surface area contributed by atoms with Crippen LogP contribution in [0.2, 0.25) is 5.02 Å². The molecular formula is C22H27ClN2OS. The summed E-state index contributed by atoms with van der Waals surface area (Å²) in [6.07, 6.45) is 1.67. The summed E-state index contributed by atoms with van der Waals surface area (Å²) in [5.41, 5.74) is 2.79. The van der Waals surface area contributed by atoms with E-state index >= 15 is 0 Å². The topological polar surface area (TPSA) is 26.7 Å². The molecule has 3 nitrogen and oxygen atoms in total. The van der Waals surface area contributed by atoms with E-state index in [4.69, 9.17) is 11.6 Å². The molecule has 0 spiro atoms. The van der Waals surface area contributed by atoms with Crippen molar-refractivity contribution in [3.63, 3.8) is 0 Å². The Bertz CT molecular complexity index is 790. The Balaban J connectivity index is 1.56. The van der Waals surface area contributed by atoms with E-state index in [0.29, 0.717) is 6.04 Å². The number of hydrogen-bond acceptors (Lipinski definition) is 4. The van der Waals surface area contributed by atoms with Gasteiger partial charge in [-0.3, -0.25) is 4.90 Å². The van der Waals surface area contributed by atoms with Crippen LogP contribution in [0.4, 0.5) is 0 Å². The van der Waals surface area contributed by atoms with E-state index in [-0.39, 0.29) is 6.10 Å². The molecule has 0 bridgehead atoms. The molecule has 0 amide bonds. The summed E-state index contributed by atoms with van der Waals surface area (Å²) in [5, 5.41) is 10.4. The largest absolute Gasteiger partial charge is 0.393 e. The van der Waals surface area contributed by atoms with Gasteiger partial charge in [-0.1, -0.05) is 41.6 Å². The van der Waals surface area contributed by atoms with Crippen molar-refractivity contribution in [2.24, 2.45) is 0 Å². The third-order valence-corrected chi connectivity index (χ3v) is 7.09. The number of aliphatic hydroxyl groups excluding tert-OH is 1. The van der Waals surface area contributed by atoms with Crippen LogP contribution in [-0.4, -0.2) is 53.7 Å². The highest BCUT2D eigenvalue weighted by molar-refractivity contribution is 7.99. The van der Waals surface area contributed by atoms with Gasteiger partial charge in [0.1, 0.15) is 0 Å². The third kappa shape index (κ3) is 4.52. The highest BCUT2D eigenvalue weighted by atomic mass is 35.5. The standard InChI is InChI=1S/C22H27ClN2OS/c1-16(26)8-9-24-10-12-25(13-11-24)20-14-17-4-2-3-5-21(17)27-22-7-6-18(23)15-19(20)22/h2-7,15-16,20,26H,8-14H2,1H3. The lowest BCUT2D eigenvalue weighted by Gasteiger charge is -2.40. The zero-order valence-corrected chi connectivity index (χ0v) is 17.3. The maximum absolute atomic E-state index is 9.55. The minimum atomic E-state index is -0.215. The van der Waals surface area contributed by atoms with Crippen molar-refractivity contribution in [1.82, 2.24) is 9.80 Å². The number of hydrogen-bond donors (Lipinski definition) is 1. The number of piperazine rings is 1. The molecule has 0 aromatic heterocycles. The zero-order chi connectivity index (χ0) is 18.8. The number of benzene rings is 2. The van der Waals surface area contributed by atoms with E-state index in [0.717, 1.165) is 50.6 Å². The third-order valence-electron chi connectivity index (χ3n) is 5.65. The van der Waals surface area contributed by atoms with Crippen molar-refractivity contribution in [1.29, 1.82) is 0 Å². The zero-order valence-electron chi connectivity index (χ0n) is 15.8. The average molecular weight is 403 g/mol. The summed E-state index contributed by atoms with van der Waals surface area (Å²) in [4.78, 5) is 7.78. The van der Waals surface area contributed by atoms with Gasteiger partial charge in [0.2, 0.25) is 0 Å². The van der Waals surface area contributed by atoms with Crippen molar-refractivity contribution in [3.05, 3.63) is 58.6 Å². The van der Waals surface area contributed by atoms with E-state index in [1.165, 1.54) is 20.9 Å². The molecule has 2 heterocycles. The number of rotatable bonds is 4. The van der Waals surface area contributed by atoms with Crippen molar-refractivity contribution < 1.29 is 5.11 Å². The van der Waals surface area contributed by atoms with Gasteiger partial charge in [-0.2, -0.15) is 0 Å². The number of fused-ring (bicyclic) bond motifs is 2. The minimum absolute atomic E-state index is 0.215. The molecule has 0 aliphatic carbocycles. The summed E-state index contributed by atoms with van der Waals surface area (Å²) in [6.45, 7) is 7.10. The Hall–Kier alpha value is -1.04. The van der Waals surface area contributed by atoms with Crippen LogP contribution in [0, 0.1) is 0 Å². The van der Waals surface area contributed by atoms with Gasteiger partial charge in [-0.15, -0.1) is 0 Å². The second-order valence-corrected chi connectivity index (χ2v) is 9.15. The molecule has 5 heteroatoms. The number of nitrogens with zero attached hydrogens (tertiary/aromatic N) is 2. The van der Waals surface area contributed by atoms with Gasteiger partial charge in [-0.25, -0.2) is 0 Å². The molecule has 144 valence electrons. The maximum atomic E-state index is 9.55. The molecule has 2 aromatic carbocycles. The van der Waals surface area contributed by atoms with Crippen LogP contribution >= 0.6 is 23.4 Å². The maximum Gasteiger partial charge on any atom is 0.0524 e. The van der Waals surface area contributed by atoms with Crippen LogP contribution < -0.4 is 0 Å². The van der Waals surface area contributed by atoms with Gasteiger partial charge in [0.05, 0.1) is 6.10 Å². The first kappa shape index (κ1) is 19.3. The van der Waals surface area contributed by atoms with Crippen LogP contribution in [0.25, 0.3) is 0 Å². The van der Waals surface area contributed by atoms with E-state index in [1.807, 2.05) is 24.8 Å². The fourth-order valence-electron chi connectivity index (χ4n) is 4.08. The Labute approximate surface area is 171 Å². The first-order chi connectivity index (χ1) is 13.1. The molecule has 2 aliphatic heterocycles. The number of aliphatic hydroxyl groups is 1. The second-order valence-electron chi connectivity index (χ2n) is 7.63. The van der Waals surface area contributed by atoms with Crippen LogP contribution in [0.5, 0.6) is 0 Å². The average Bonchev–Trinajstić information content (AvgIpc) is 2.83. The Morgan fingerprint density at radius 2 is 1.89 bits per heavy atom. The predicted octanol–water partition coefficient (Wildman–Crippen LogP) is 4.48. The normalized spacial score (nSPS) is 22.0. The van der Waals surface area contributed by atoms with Gasteiger partial charge in [0, 0.05) is 53.6 Å². The summed E-state index contributed by atoms with van der Waals surface area (Å²) < 4.78 is 0. The van der Waals surface area contributed by atoms with Crippen LogP contribution in [0.3, 0.4) is 0 Å². The molecule has 2 aromatic rings. The molecule has 1 fully saturated rings. The fourth-order valence-corrected chi connectivity index (χ4v) is 5.37. The Morgan fingerprint density at radius 3 is 2.67 bits per heavy atom. The second kappa shape index (κ2) is 8.54. The highest BCUT2D eigenvalue weighted by Crippen LogP contribution is 2.43. The van der Waals surface area contributed by atoms with E-state index < -0.39 is 0 Å². The summed E-state index contributed by atoms with van der Waals surface area (Å²) in [6, 6.07) is 15.5. The molecule has 2 unspecified atom stereocenters. The summed E-state index contributed by atoms with van der Waals surface area (Å²) >= 11 is 8.25. The summed E-state index contributed by atoms with van der Waals surface area (Å²) in [5.74, 6) is 0. The smallest absolute Gasteiger partial charge is 0.0524 e. The Morgan fingerprint density at radius 1 is 1.11 bits per heavy atom. The lowest BCUT2D eigenvalue weighted by molar-refractivity contribution is 0.0816. The van der Waals surface area contributed by atoms with Crippen LogP contribution in [0.15, 0.2) is 52.3 Å². The first-order valence-electron chi connectivity index (χ1n) is 9.80. The van der Waals surface area contributed by atoms with Crippen LogP contribution in [-0.2, 0) is 6.42 Å². The molecule has 1 N–H and O–H groups in total. The summed E-state index contributed by atoms with van der Waals surface area (Å²) in [7, 11) is 0. The van der Waals surface area contributed by atoms with Gasteiger partial charge < -0.3 is 10.0 Å². The first-order valence-corrected chi connectivity index (χ1v) is 11.0. The van der Waals surface area contributed by atoms with Gasteiger partial charge in [-0.05, 0) is 55.2 Å². The number of halogens is 1. The minimum Gasteiger partial charge on any atom is -0.393 e. The molecule has 2 atom stereocenters. The van der Waals surface area contributed by atoms with E-state index in [2.05, 4.69) is 46.2 Å². The van der Waals surface area contributed by atoms with Gasteiger partial charge in [0.25, 0.3) is 0 Å². The lowest BCUT2D eigenvalue weighted by atomic mass is 9.96. The molecule has 27 heavy (non-hydrogen) atoms. The molecule has 0 radical (unpaired) electrons. The molecule has 2 aliphatic rings. The van der Waals surface area contributed by atoms with Crippen molar-refractivity contribution in [2.45, 2.75) is 41.7 Å². The quantitative estimate of drug-likeness (QED) is 0.815. The molecule has 1 saturated heterocycles. The van der Waals surface area contributed by atoms with Crippen molar-refractivity contribution >= 4 is 23.4 Å². The molecule has 4 rings (SSSR count). The monoisotopic (exact) mass is 402 g/mol. The van der Waals surface area contributed by atoms with Crippen LogP contribution in [0.1, 0.15) is 30.5 Å². The SMILES string of the molecule is CC(O)CCN1CCN(C2Cc3ccccc3Sc3ccc(Cl)cc32)CC1. The highest BCUT2D eigenvalue weighted by Gasteiger charge is 2.30. The van der Waals surface area contributed by atoms with Gasteiger partial charge in [0.15, 0.2) is 0 Å². The van der Waals surface area contributed by atoms with Crippen molar-refractivity contribution in [3.8, 4) is 0 Å². The van der Waals surface area contributed by atoms with E-state index in [1.54, 1.807) is 0 Å². The molecule has 0 saturated carbocycles. The lowest BCUT2D eigenvalue weighted by Crippen LogP contribution is -2.48. The van der Waals surface area contributed by atoms with Crippen molar-refractivity contribution in [2.75, 3.05) is 32.7 Å². The predicted molar refractivity (Wildman–Crippen MR) is 113 cm³/mol. The van der Waals surface area contributed by atoms with Gasteiger partial charge >= 0.3 is 0 Å². The fraction of sp³-hybridized carbons (Fsp3) is 0.455. The molecular weight excluding hydrogens is 376 g/mol. The Kier molecular flexibility index (Phi) is 6.10.